The molecule has 0 N–H and O–H groups in total. The molecule has 0 aliphatic carbocycles. The number of nitrogens with zero attached hydrogens (tertiary/aromatic N) is 4. The van der Waals surface area contributed by atoms with E-state index in [4.69, 9.17) is 4.52 Å². The molecule has 0 aromatic carbocycles. The van der Waals surface area contributed by atoms with Crippen molar-refractivity contribution in [2.24, 2.45) is 5.92 Å². The van der Waals surface area contributed by atoms with Gasteiger partial charge in [0.25, 0.3) is 5.56 Å². The molecule has 112 valence electrons. The van der Waals surface area contributed by atoms with Crippen molar-refractivity contribution in [1.29, 1.82) is 0 Å². The van der Waals surface area contributed by atoms with Gasteiger partial charge in [0.2, 0.25) is 0 Å². The standard InChI is InChI=1S/C15H20N4O2/c1-12-2-3-15(20)19(17-12)10-13-5-8-18(9-6-13)11-14-4-7-16-21-14/h2-4,7,13H,5-6,8-11H2,1H3. The first-order valence-corrected chi connectivity index (χ1v) is 7.37. The van der Waals surface area contributed by atoms with E-state index in [9.17, 15) is 4.79 Å². The van der Waals surface area contributed by atoms with E-state index in [-0.39, 0.29) is 5.56 Å². The molecule has 6 heteroatoms. The van der Waals surface area contributed by atoms with Crippen LogP contribution >= 0.6 is 0 Å². The fraction of sp³-hybridized carbons (Fsp3) is 0.533. The van der Waals surface area contributed by atoms with Crippen molar-refractivity contribution >= 4 is 0 Å². The lowest BCUT2D eigenvalue weighted by Crippen LogP contribution is -2.36. The first-order chi connectivity index (χ1) is 10.2. The topological polar surface area (TPSA) is 64.2 Å². The summed E-state index contributed by atoms with van der Waals surface area (Å²) in [5, 5.41) is 8.04. The molecule has 0 bridgehead atoms. The fourth-order valence-electron chi connectivity index (χ4n) is 2.80. The number of aryl methyl sites for hydroxylation is 1. The zero-order valence-corrected chi connectivity index (χ0v) is 12.2. The molecule has 1 aliphatic rings. The first kappa shape index (κ1) is 14.0. The lowest BCUT2D eigenvalue weighted by Gasteiger charge is -2.31. The number of hydrogen-bond donors (Lipinski definition) is 0. The molecule has 2 aromatic heterocycles. The van der Waals surface area contributed by atoms with Crippen LogP contribution in [0.15, 0.2) is 33.7 Å². The van der Waals surface area contributed by atoms with Crippen molar-refractivity contribution < 1.29 is 4.52 Å². The van der Waals surface area contributed by atoms with Crippen LogP contribution in [0.25, 0.3) is 0 Å². The van der Waals surface area contributed by atoms with Gasteiger partial charge in [-0.05, 0) is 44.8 Å². The van der Waals surface area contributed by atoms with E-state index in [0.717, 1.165) is 50.5 Å². The number of rotatable bonds is 4. The SMILES string of the molecule is Cc1ccc(=O)n(CC2CCN(Cc3ccno3)CC2)n1. The fourth-order valence-corrected chi connectivity index (χ4v) is 2.80. The Kier molecular flexibility index (Phi) is 4.15. The minimum Gasteiger partial charge on any atom is -0.360 e. The molecule has 0 radical (unpaired) electrons. The van der Waals surface area contributed by atoms with Gasteiger partial charge in [-0.1, -0.05) is 5.16 Å². The van der Waals surface area contributed by atoms with E-state index in [1.807, 2.05) is 13.0 Å². The Hall–Kier alpha value is -1.95. The lowest BCUT2D eigenvalue weighted by molar-refractivity contribution is 0.150. The molecule has 3 rings (SSSR count). The van der Waals surface area contributed by atoms with Crippen molar-refractivity contribution in [2.45, 2.75) is 32.9 Å². The third-order valence-corrected chi connectivity index (χ3v) is 4.01. The van der Waals surface area contributed by atoms with E-state index in [1.165, 1.54) is 0 Å². The highest BCUT2D eigenvalue weighted by Gasteiger charge is 2.21. The van der Waals surface area contributed by atoms with Crippen molar-refractivity contribution in [2.75, 3.05) is 13.1 Å². The second kappa shape index (κ2) is 6.22. The predicted octanol–water partition coefficient (Wildman–Crippen LogP) is 1.45. The highest BCUT2D eigenvalue weighted by molar-refractivity contribution is 4.97. The van der Waals surface area contributed by atoms with Gasteiger partial charge in [0, 0.05) is 18.7 Å². The van der Waals surface area contributed by atoms with Crippen LogP contribution in [0.5, 0.6) is 0 Å². The zero-order valence-electron chi connectivity index (χ0n) is 12.2. The summed E-state index contributed by atoms with van der Waals surface area (Å²) in [6, 6.07) is 5.27. The molecule has 1 saturated heterocycles. The van der Waals surface area contributed by atoms with E-state index < -0.39 is 0 Å². The monoisotopic (exact) mass is 288 g/mol. The maximum absolute atomic E-state index is 11.8. The number of aromatic nitrogens is 3. The van der Waals surface area contributed by atoms with E-state index in [0.29, 0.717) is 5.92 Å². The molecular formula is C15H20N4O2. The van der Waals surface area contributed by atoms with Crippen LogP contribution in [0.3, 0.4) is 0 Å². The van der Waals surface area contributed by atoms with Gasteiger partial charge in [0.05, 0.1) is 18.4 Å². The van der Waals surface area contributed by atoms with Crippen molar-refractivity contribution in [1.82, 2.24) is 19.8 Å². The Balaban J connectivity index is 1.54. The summed E-state index contributed by atoms with van der Waals surface area (Å²) in [6.07, 6.45) is 3.84. The number of piperidine rings is 1. The smallest absolute Gasteiger partial charge is 0.266 e. The molecule has 21 heavy (non-hydrogen) atoms. The lowest BCUT2D eigenvalue weighted by atomic mass is 9.97. The largest absolute Gasteiger partial charge is 0.360 e. The molecule has 0 atom stereocenters. The Morgan fingerprint density at radius 3 is 2.81 bits per heavy atom. The van der Waals surface area contributed by atoms with Crippen LogP contribution in [0.2, 0.25) is 0 Å². The summed E-state index contributed by atoms with van der Waals surface area (Å²) >= 11 is 0. The first-order valence-electron chi connectivity index (χ1n) is 7.37. The number of hydrogen-bond acceptors (Lipinski definition) is 5. The molecule has 1 fully saturated rings. The van der Waals surface area contributed by atoms with Crippen LogP contribution in [0.4, 0.5) is 0 Å². The van der Waals surface area contributed by atoms with Gasteiger partial charge in [-0.25, -0.2) is 4.68 Å². The van der Waals surface area contributed by atoms with Gasteiger partial charge in [0.15, 0.2) is 5.76 Å². The van der Waals surface area contributed by atoms with Crippen LogP contribution in [-0.4, -0.2) is 32.9 Å². The molecular weight excluding hydrogens is 268 g/mol. The van der Waals surface area contributed by atoms with Crippen LogP contribution in [0.1, 0.15) is 24.3 Å². The summed E-state index contributed by atoms with van der Waals surface area (Å²) in [5.74, 6) is 1.42. The van der Waals surface area contributed by atoms with E-state index in [1.54, 1.807) is 23.0 Å². The minimum atomic E-state index is -0.00955. The molecule has 0 spiro atoms. The molecule has 1 aliphatic heterocycles. The molecule has 3 heterocycles. The normalized spacial score (nSPS) is 17.2. The highest BCUT2D eigenvalue weighted by Crippen LogP contribution is 2.19. The maximum Gasteiger partial charge on any atom is 0.266 e. The third-order valence-electron chi connectivity index (χ3n) is 4.01. The predicted molar refractivity (Wildman–Crippen MR) is 77.7 cm³/mol. The summed E-state index contributed by atoms with van der Waals surface area (Å²) in [7, 11) is 0. The Bertz CT molecular complexity index is 627. The van der Waals surface area contributed by atoms with Gasteiger partial charge in [-0.3, -0.25) is 9.69 Å². The third kappa shape index (κ3) is 3.58. The van der Waals surface area contributed by atoms with Gasteiger partial charge >= 0.3 is 0 Å². The van der Waals surface area contributed by atoms with Crippen LogP contribution < -0.4 is 5.56 Å². The zero-order chi connectivity index (χ0) is 14.7. The van der Waals surface area contributed by atoms with Gasteiger partial charge in [-0.15, -0.1) is 0 Å². The summed E-state index contributed by atoms with van der Waals surface area (Å²) in [4.78, 5) is 14.2. The van der Waals surface area contributed by atoms with E-state index in [2.05, 4.69) is 15.2 Å². The highest BCUT2D eigenvalue weighted by atomic mass is 16.5. The number of likely N-dealkylation sites (tertiary alicyclic amines) is 1. The Morgan fingerprint density at radius 2 is 2.10 bits per heavy atom. The van der Waals surface area contributed by atoms with Crippen molar-refractivity contribution in [3.05, 3.63) is 46.2 Å². The summed E-state index contributed by atoms with van der Waals surface area (Å²) < 4.78 is 6.74. The maximum atomic E-state index is 11.8. The van der Waals surface area contributed by atoms with Crippen molar-refractivity contribution in [3.8, 4) is 0 Å². The Labute approximate surface area is 123 Å². The van der Waals surface area contributed by atoms with Crippen LogP contribution in [-0.2, 0) is 13.1 Å². The summed E-state index contributed by atoms with van der Waals surface area (Å²) in [5.41, 5.74) is 0.877. The molecule has 0 unspecified atom stereocenters. The van der Waals surface area contributed by atoms with Gasteiger partial charge < -0.3 is 4.52 Å². The molecule has 0 amide bonds. The van der Waals surface area contributed by atoms with Crippen LogP contribution in [0, 0.1) is 12.8 Å². The molecule has 2 aromatic rings. The second-order valence-corrected chi connectivity index (χ2v) is 5.69. The average molecular weight is 288 g/mol. The summed E-state index contributed by atoms with van der Waals surface area (Å²) in [6.45, 7) is 5.49. The van der Waals surface area contributed by atoms with E-state index >= 15 is 0 Å². The van der Waals surface area contributed by atoms with Gasteiger partial charge in [-0.2, -0.15) is 5.10 Å². The Morgan fingerprint density at radius 1 is 1.29 bits per heavy atom. The second-order valence-electron chi connectivity index (χ2n) is 5.69. The quantitative estimate of drug-likeness (QED) is 0.852. The minimum absolute atomic E-state index is 0.00955. The molecule has 6 nitrogen and oxygen atoms in total. The molecule has 0 saturated carbocycles. The van der Waals surface area contributed by atoms with Gasteiger partial charge in [0.1, 0.15) is 0 Å². The average Bonchev–Trinajstić information content (AvgIpc) is 2.98. The van der Waals surface area contributed by atoms with Crippen molar-refractivity contribution in [3.63, 3.8) is 0 Å².